The number of halogens is 1. The van der Waals surface area contributed by atoms with E-state index in [9.17, 15) is 8.42 Å². The van der Waals surface area contributed by atoms with Crippen LogP contribution in [0.3, 0.4) is 0 Å². The molecule has 0 saturated carbocycles. The fraction of sp³-hybridized carbons (Fsp3) is 0.400. The van der Waals surface area contributed by atoms with Crippen molar-refractivity contribution in [2.24, 2.45) is 0 Å². The molecule has 2 aromatic carbocycles. The number of nitrogens with one attached hydrogen (secondary N) is 1. The van der Waals surface area contributed by atoms with Gasteiger partial charge in [-0.2, -0.15) is 0 Å². The third-order valence-electron chi connectivity index (χ3n) is 4.72. The standard InChI is InChI=1S/C20H25ClN2O4S/c21-17-3-7-20(8-4-17)28(25,26)22-18-9-11-23(12-10-18)15-16-1-5-19(6-2-16)27-14-13-24/h1-8,18,22,24H,9-15H2. The fourth-order valence-corrected chi connectivity index (χ4v) is 4.65. The van der Waals surface area contributed by atoms with Crippen molar-refractivity contribution in [3.63, 3.8) is 0 Å². The van der Waals surface area contributed by atoms with E-state index in [0.717, 1.165) is 38.2 Å². The number of rotatable bonds is 8. The topological polar surface area (TPSA) is 78.9 Å². The number of aliphatic hydroxyl groups is 1. The number of nitrogens with zero attached hydrogens (tertiary/aromatic N) is 1. The second-order valence-corrected chi connectivity index (χ2v) is 8.99. The summed E-state index contributed by atoms with van der Waals surface area (Å²) in [6.07, 6.45) is 1.54. The molecule has 6 nitrogen and oxygen atoms in total. The minimum Gasteiger partial charge on any atom is -0.491 e. The van der Waals surface area contributed by atoms with Crippen LogP contribution in [0.1, 0.15) is 18.4 Å². The predicted octanol–water partition coefficient (Wildman–Crippen LogP) is 2.65. The van der Waals surface area contributed by atoms with E-state index >= 15 is 0 Å². The first-order chi connectivity index (χ1) is 13.5. The zero-order chi connectivity index (χ0) is 20.0. The Morgan fingerprint density at radius 3 is 2.32 bits per heavy atom. The molecule has 152 valence electrons. The van der Waals surface area contributed by atoms with E-state index in [4.69, 9.17) is 21.4 Å². The molecule has 1 fully saturated rings. The molecule has 2 N–H and O–H groups in total. The van der Waals surface area contributed by atoms with Crippen LogP contribution in [-0.4, -0.2) is 50.8 Å². The molecule has 1 heterocycles. The summed E-state index contributed by atoms with van der Waals surface area (Å²) in [5.41, 5.74) is 1.18. The van der Waals surface area contributed by atoms with E-state index in [0.29, 0.717) is 11.6 Å². The second kappa shape index (κ2) is 9.71. The van der Waals surface area contributed by atoms with Crippen LogP contribution in [0.15, 0.2) is 53.4 Å². The first kappa shape index (κ1) is 21.1. The van der Waals surface area contributed by atoms with E-state index in [1.165, 1.54) is 17.7 Å². The minimum absolute atomic E-state index is 0.00152. The van der Waals surface area contributed by atoms with Gasteiger partial charge in [-0.25, -0.2) is 13.1 Å². The molecular formula is C20H25ClN2O4S. The zero-order valence-corrected chi connectivity index (χ0v) is 17.1. The Balaban J connectivity index is 1.48. The van der Waals surface area contributed by atoms with Crippen LogP contribution in [0, 0.1) is 0 Å². The maximum absolute atomic E-state index is 12.5. The highest BCUT2D eigenvalue weighted by Crippen LogP contribution is 2.19. The van der Waals surface area contributed by atoms with Gasteiger partial charge in [0.1, 0.15) is 12.4 Å². The van der Waals surface area contributed by atoms with Crippen molar-refractivity contribution in [1.29, 1.82) is 0 Å². The third kappa shape index (κ3) is 5.93. The zero-order valence-electron chi connectivity index (χ0n) is 15.6. The Labute approximate surface area is 171 Å². The maximum atomic E-state index is 12.5. The molecule has 0 radical (unpaired) electrons. The molecule has 0 unspecified atom stereocenters. The van der Waals surface area contributed by atoms with Gasteiger partial charge in [0.2, 0.25) is 10.0 Å². The number of benzene rings is 2. The third-order valence-corrected chi connectivity index (χ3v) is 6.51. The highest BCUT2D eigenvalue weighted by molar-refractivity contribution is 7.89. The SMILES string of the molecule is O=S(=O)(NC1CCN(Cc2ccc(OCCO)cc2)CC1)c1ccc(Cl)cc1. The molecule has 0 spiro atoms. The van der Waals surface area contributed by atoms with Crippen molar-refractivity contribution in [2.75, 3.05) is 26.3 Å². The van der Waals surface area contributed by atoms with Crippen LogP contribution < -0.4 is 9.46 Å². The molecule has 0 amide bonds. The lowest BCUT2D eigenvalue weighted by molar-refractivity contribution is 0.198. The van der Waals surface area contributed by atoms with Crippen LogP contribution in [0.4, 0.5) is 0 Å². The summed E-state index contributed by atoms with van der Waals surface area (Å²) in [6.45, 7) is 2.77. The molecule has 8 heteroatoms. The summed E-state index contributed by atoms with van der Waals surface area (Å²) in [7, 11) is -3.52. The van der Waals surface area contributed by atoms with Crippen molar-refractivity contribution in [3.05, 3.63) is 59.1 Å². The highest BCUT2D eigenvalue weighted by atomic mass is 35.5. The van der Waals surface area contributed by atoms with Crippen LogP contribution in [0.25, 0.3) is 0 Å². The summed E-state index contributed by atoms with van der Waals surface area (Å²) in [4.78, 5) is 2.55. The van der Waals surface area contributed by atoms with E-state index in [1.807, 2.05) is 24.3 Å². The molecule has 3 rings (SSSR count). The first-order valence-corrected chi connectivity index (χ1v) is 11.2. The van der Waals surface area contributed by atoms with Gasteiger partial charge in [-0.3, -0.25) is 4.90 Å². The first-order valence-electron chi connectivity index (χ1n) is 9.29. The molecule has 28 heavy (non-hydrogen) atoms. The van der Waals surface area contributed by atoms with Crippen LogP contribution in [0.2, 0.25) is 5.02 Å². The molecule has 1 aliphatic rings. The average Bonchev–Trinajstić information content (AvgIpc) is 2.69. The van der Waals surface area contributed by atoms with Crippen molar-refractivity contribution in [3.8, 4) is 5.75 Å². The van der Waals surface area contributed by atoms with Crippen LogP contribution >= 0.6 is 11.6 Å². The molecule has 0 atom stereocenters. The van der Waals surface area contributed by atoms with Crippen molar-refractivity contribution >= 4 is 21.6 Å². The number of ether oxygens (including phenoxy) is 1. The largest absolute Gasteiger partial charge is 0.491 e. The van der Waals surface area contributed by atoms with Gasteiger partial charge in [0.25, 0.3) is 0 Å². The Hall–Kier alpha value is -1.64. The summed E-state index contributed by atoms with van der Waals surface area (Å²) in [5, 5.41) is 9.30. The fourth-order valence-electron chi connectivity index (χ4n) is 3.22. The Morgan fingerprint density at radius 2 is 1.71 bits per heavy atom. The quantitative estimate of drug-likeness (QED) is 0.681. The van der Waals surface area contributed by atoms with Gasteiger partial charge in [-0.15, -0.1) is 0 Å². The van der Waals surface area contributed by atoms with Gasteiger partial charge in [-0.1, -0.05) is 23.7 Å². The molecule has 2 aromatic rings. The number of piperidine rings is 1. The number of likely N-dealkylation sites (tertiary alicyclic amines) is 1. The normalized spacial score (nSPS) is 16.2. The summed E-state index contributed by atoms with van der Waals surface area (Å²) in [6, 6.07) is 14.0. The van der Waals surface area contributed by atoms with Crippen LogP contribution in [0.5, 0.6) is 5.75 Å². The van der Waals surface area contributed by atoms with Crippen molar-refractivity contribution in [1.82, 2.24) is 9.62 Å². The maximum Gasteiger partial charge on any atom is 0.240 e. The van der Waals surface area contributed by atoms with Gasteiger partial charge < -0.3 is 9.84 Å². The lowest BCUT2D eigenvalue weighted by Crippen LogP contribution is -2.44. The van der Waals surface area contributed by atoms with Gasteiger partial charge in [0.15, 0.2) is 0 Å². The lowest BCUT2D eigenvalue weighted by atomic mass is 10.1. The Bertz CT molecular complexity index is 849. The number of hydrogen-bond acceptors (Lipinski definition) is 5. The van der Waals surface area contributed by atoms with Gasteiger partial charge in [-0.05, 0) is 54.8 Å². The smallest absolute Gasteiger partial charge is 0.240 e. The molecule has 0 aliphatic carbocycles. The van der Waals surface area contributed by atoms with Gasteiger partial charge >= 0.3 is 0 Å². The predicted molar refractivity (Wildman–Crippen MR) is 109 cm³/mol. The minimum atomic E-state index is -3.52. The van der Waals surface area contributed by atoms with Gasteiger partial charge in [0.05, 0.1) is 11.5 Å². The summed E-state index contributed by atoms with van der Waals surface area (Å²) in [5.74, 6) is 0.744. The number of aliphatic hydroxyl groups excluding tert-OH is 1. The van der Waals surface area contributed by atoms with Crippen molar-refractivity contribution < 1.29 is 18.3 Å². The molecule has 0 bridgehead atoms. The average molecular weight is 425 g/mol. The molecular weight excluding hydrogens is 400 g/mol. The van der Waals surface area contributed by atoms with Gasteiger partial charge in [0, 0.05) is 30.7 Å². The van der Waals surface area contributed by atoms with E-state index < -0.39 is 10.0 Å². The number of sulfonamides is 1. The van der Waals surface area contributed by atoms with E-state index in [-0.39, 0.29) is 17.5 Å². The second-order valence-electron chi connectivity index (χ2n) is 6.84. The van der Waals surface area contributed by atoms with E-state index in [1.54, 1.807) is 12.1 Å². The highest BCUT2D eigenvalue weighted by Gasteiger charge is 2.24. The Kier molecular flexibility index (Phi) is 7.31. The van der Waals surface area contributed by atoms with Crippen molar-refractivity contribution in [2.45, 2.75) is 30.3 Å². The molecule has 1 saturated heterocycles. The molecule has 0 aromatic heterocycles. The summed E-state index contributed by atoms with van der Waals surface area (Å²) >= 11 is 5.83. The molecule has 1 aliphatic heterocycles. The number of hydrogen-bond donors (Lipinski definition) is 2. The lowest BCUT2D eigenvalue weighted by Gasteiger charge is -2.32. The monoisotopic (exact) mass is 424 g/mol. The van der Waals surface area contributed by atoms with Crippen LogP contribution in [-0.2, 0) is 16.6 Å². The van der Waals surface area contributed by atoms with E-state index in [2.05, 4.69) is 9.62 Å². The Morgan fingerprint density at radius 1 is 1.07 bits per heavy atom. The summed E-state index contributed by atoms with van der Waals surface area (Å²) < 4.78 is 33.2.